The zero-order valence-corrected chi connectivity index (χ0v) is 18.2. The van der Waals surface area contributed by atoms with Crippen LogP contribution in [0.1, 0.15) is 25.8 Å². The maximum absolute atomic E-state index is 13.0. The molecule has 1 aromatic rings. The van der Waals surface area contributed by atoms with E-state index in [0.717, 1.165) is 11.3 Å². The molecule has 2 fully saturated rings. The molecule has 2 saturated heterocycles. The lowest BCUT2D eigenvalue weighted by Gasteiger charge is -2.40. The fourth-order valence-corrected chi connectivity index (χ4v) is 5.60. The lowest BCUT2D eigenvalue weighted by atomic mass is 10.1. The van der Waals surface area contributed by atoms with Crippen molar-refractivity contribution in [3.8, 4) is 5.75 Å². The molecule has 2 heterocycles. The number of hydrogen-bond acceptors (Lipinski definition) is 5. The molecular weight excluding hydrogens is 394 g/mol. The number of hydrogen-bond donors (Lipinski definition) is 0. The second kappa shape index (κ2) is 9.42. The number of methoxy groups -OCH3 is 1. The molecule has 0 saturated carbocycles. The molecule has 2 aliphatic heterocycles. The Labute approximate surface area is 173 Å². The molecule has 1 aromatic carbocycles. The third-order valence-electron chi connectivity index (χ3n) is 5.42. The second-order valence-corrected chi connectivity index (χ2v) is 9.64. The van der Waals surface area contributed by atoms with Crippen molar-refractivity contribution in [2.75, 3.05) is 46.4 Å². The molecule has 2 aliphatic rings. The van der Waals surface area contributed by atoms with Gasteiger partial charge in [-0.3, -0.25) is 4.79 Å². The topological polar surface area (TPSA) is 79.4 Å². The summed E-state index contributed by atoms with van der Waals surface area (Å²) in [4.78, 5) is 14.3. The van der Waals surface area contributed by atoms with Crippen LogP contribution in [0.5, 0.6) is 5.75 Å². The number of rotatable bonds is 6. The molecule has 0 aliphatic carbocycles. The molecule has 0 spiro atoms. The maximum atomic E-state index is 13.0. The highest BCUT2D eigenvalue weighted by Gasteiger charge is 2.37. The molecule has 0 bridgehead atoms. The monoisotopic (exact) mass is 425 g/mol. The van der Waals surface area contributed by atoms with Crippen molar-refractivity contribution in [2.45, 2.75) is 38.9 Å². The van der Waals surface area contributed by atoms with Gasteiger partial charge in [-0.1, -0.05) is 12.1 Å². The molecule has 0 aromatic heterocycles. The number of nitrogens with zero attached hydrogens (tertiary/aromatic N) is 3. The first-order valence-electron chi connectivity index (χ1n) is 10.1. The molecular formula is C20H31N3O5S. The van der Waals surface area contributed by atoms with E-state index >= 15 is 0 Å². The van der Waals surface area contributed by atoms with Crippen LogP contribution in [-0.4, -0.2) is 86.4 Å². The van der Waals surface area contributed by atoms with Crippen LogP contribution in [0.15, 0.2) is 24.3 Å². The van der Waals surface area contributed by atoms with Crippen molar-refractivity contribution in [3.05, 3.63) is 29.8 Å². The van der Waals surface area contributed by atoms with E-state index in [4.69, 9.17) is 9.47 Å². The summed E-state index contributed by atoms with van der Waals surface area (Å²) in [7, 11) is -1.90. The average molecular weight is 426 g/mol. The zero-order chi connectivity index (χ0) is 21.0. The minimum atomic E-state index is -3.53. The Morgan fingerprint density at radius 1 is 1.03 bits per heavy atom. The Bertz CT molecular complexity index is 781. The number of benzene rings is 1. The SMILES string of the molecule is COc1ccc(CCC(=O)N2CCN(S(=O)(=O)N3CC(C)OC(C)C3)CC2)cc1. The van der Waals surface area contributed by atoms with Gasteiger partial charge in [0.2, 0.25) is 5.91 Å². The molecule has 8 nitrogen and oxygen atoms in total. The van der Waals surface area contributed by atoms with Gasteiger partial charge in [-0.25, -0.2) is 0 Å². The summed E-state index contributed by atoms with van der Waals surface area (Å²) in [6, 6.07) is 7.69. The molecule has 2 atom stereocenters. The first-order valence-corrected chi connectivity index (χ1v) is 11.5. The van der Waals surface area contributed by atoms with Crippen molar-refractivity contribution in [1.29, 1.82) is 0 Å². The van der Waals surface area contributed by atoms with Gasteiger partial charge in [0.1, 0.15) is 5.75 Å². The molecule has 9 heteroatoms. The number of amides is 1. The molecule has 1 amide bonds. The second-order valence-electron chi connectivity index (χ2n) is 7.71. The zero-order valence-electron chi connectivity index (χ0n) is 17.4. The van der Waals surface area contributed by atoms with Gasteiger partial charge in [0.25, 0.3) is 10.2 Å². The quantitative estimate of drug-likeness (QED) is 0.683. The fourth-order valence-electron chi connectivity index (χ4n) is 3.85. The third kappa shape index (κ3) is 5.48. The highest BCUT2D eigenvalue weighted by atomic mass is 32.2. The van der Waals surface area contributed by atoms with Crippen molar-refractivity contribution < 1.29 is 22.7 Å². The van der Waals surface area contributed by atoms with E-state index in [2.05, 4.69) is 0 Å². The fraction of sp³-hybridized carbons (Fsp3) is 0.650. The summed E-state index contributed by atoms with van der Waals surface area (Å²) >= 11 is 0. The van der Waals surface area contributed by atoms with Gasteiger partial charge >= 0.3 is 0 Å². The first kappa shape index (κ1) is 22.0. The van der Waals surface area contributed by atoms with Gasteiger partial charge in [0.05, 0.1) is 19.3 Å². The summed E-state index contributed by atoms with van der Waals surface area (Å²) in [5, 5.41) is 0. The van der Waals surface area contributed by atoms with Crippen LogP contribution < -0.4 is 4.74 Å². The van der Waals surface area contributed by atoms with Crippen LogP contribution >= 0.6 is 0 Å². The number of carbonyl (C=O) groups excluding carboxylic acids is 1. The van der Waals surface area contributed by atoms with E-state index in [9.17, 15) is 13.2 Å². The predicted octanol–water partition coefficient (Wildman–Crippen LogP) is 1.13. The van der Waals surface area contributed by atoms with Crippen LogP contribution in [0, 0.1) is 0 Å². The highest BCUT2D eigenvalue weighted by molar-refractivity contribution is 7.86. The molecule has 0 N–H and O–H groups in total. The lowest BCUT2D eigenvalue weighted by molar-refractivity contribution is -0.132. The smallest absolute Gasteiger partial charge is 0.282 e. The standard InChI is InChI=1S/C20H31N3O5S/c1-16-14-23(15-17(2)28-16)29(25,26)22-12-10-21(11-13-22)20(24)9-6-18-4-7-19(27-3)8-5-18/h4-5,7-8,16-17H,6,9-15H2,1-3H3. The summed E-state index contributed by atoms with van der Waals surface area (Å²) in [5.74, 6) is 0.855. The van der Waals surface area contributed by atoms with Crippen molar-refractivity contribution in [1.82, 2.24) is 13.5 Å². The number of morpholine rings is 1. The largest absolute Gasteiger partial charge is 0.497 e. The summed E-state index contributed by atoms with van der Waals surface area (Å²) in [6.45, 7) is 6.02. The Hall–Kier alpha value is -1.68. The number of carbonyl (C=O) groups is 1. The molecule has 2 unspecified atom stereocenters. The minimum Gasteiger partial charge on any atom is -0.497 e. The highest BCUT2D eigenvalue weighted by Crippen LogP contribution is 2.19. The van der Waals surface area contributed by atoms with Crippen molar-refractivity contribution in [3.63, 3.8) is 0 Å². The van der Waals surface area contributed by atoms with E-state index in [1.807, 2.05) is 38.1 Å². The molecule has 29 heavy (non-hydrogen) atoms. The van der Waals surface area contributed by atoms with Crippen LogP contribution in [0.2, 0.25) is 0 Å². The van der Waals surface area contributed by atoms with Crippen LogP contribution in [0.4, 0.5) is 0 Å². The number of aryl methyl sites for hydroxylation is 1. The van der Waals surface area contributed by atoms with Gasteiger partial charge in [0.15, 0.2) is 0 Å². The van der Waals surface area contributed by atoms with Gasteiger partial charge in [0, 0.05) is 45.7 Å². The number of piperazine rings is 1. The molecule has 162 valence electrons. The van der Waals surface area contributed by atoms with E-state index < -0.39 is 10.2 Å². The Balaban J connectivity index is 1.49. The van der Waals surface area contributed by atoms with Crippen molar-refractivity contribution >= 4 is 16.1 Å². The normalized spacial score (nSPS) is 24.4. The van der Waals surface area contributed by atoms with Gasteiger partial charge in [-0.2, -0.15) is 17.0 Å². The Morgan fingerprint density at radius 2 is 1.62 bits per heavy atom. The van der Waals surface area contributed by atoms with Crippen LogP contribution in [0.25, 0.3) is 0 Å². The molecule has 3 rings (SSSR count). The predicted molar refractivity (Wildman–Crippen MR) is 110 cm³/mol. The van der Waals surface area contributed by atoms with Gasteiger partial charge in [-0.05, 0) is 38.0 Å². The van der Waals surface area contributed by atoms with E-state index in [0.29, 0.717) is 52.1 Å². The first-order chi connectivity index (χ1) is 13.8. The third-order valence-corrected chi connectivity index (χ3v) is 7.39. The summed E-state index contributed by atoms with van der Waals surface area (Å²) in [6.07, 6.45) is 0.839. The van der Waals surface area contributed by atoms with E-state index in [-0.39, 0.29) is 18.1 Å². The Morgan fingerprint density at radius 3 is 2.17 bits per heavy atom. The maximum Gasteiger partial charge on any atom is 0.282 e. The minimum absolute atomic E-state index is 0.0616. The van der Waals surface area contributed by atoms with Crippen molar-refractivity contribution in [2.24, 2.45) is 0 Å². The average Bonchev–Trinajstić information content (AvgIpc) is 2.71. The van der Waals surface area contributed by atoms with Gasteiger partial charge < -0.3 is 14.4 Å². The Kier molecular flexibility index (Phi) is 7.15. The van der Waals surface area contributed by atoms with Crippen LogP contribution in [0.3, 0.4) is 0 Å². The van der Waals surface area contributed by atoms with Gasteiger partial charge in [-0.15, -0.1) is 0 Å². The number of ether oxygens (including phenoxy) is 2. The lowest BCUT2D eigenvalue weighted by Crippen LogP contribution is -2.57. The van der Waals surface area contributed by atoms with E-state index in [1.54, 1.807) is 12.0 Å². The molecule has 0 radical (unpaired) electrons. The summed E-state index contributed by atoms with van der Waals surface area (Å²) in [5.41, 5.74) is 1.08. The summed E-state index contributed by atoms with van der Waals surface area (Å²) < 4.78 is 39.7. The van der Waals surface area contributed by atoms with Crippen LogP contribution in [-0.2, 0) is 26.2 Å². The van der Waals surface area contributed by atoms with E-state index in [1.165, 1.54) is 8.61 Å².